The number of nitrogens with zero attached hydrogens (tertiary/aromatic N) is 1. The van der Waals surface area contributed by atoms with Crippen LogP contribution in [0.3, 0.4) is 0 Å². The lowest BCUT2D eigenvalue weighted by molar-refractivity contribution is -0.384. The molecular formula is C24H24N2O6S. The number of benzene rings is 2. The molecule has 0 aliphatic carbocycles. The molecule has 0 saturated carbocycles. The second kappa shape index (κ2) is 11.2. The fraction of sp³-hybridized carbons (Fsp3) is 0.250. The average molecular weight is 469 g/mol. The predicted molar refractivity (Wildman–Crippen MR) is 127 cm³/mol. The molecule has 1 N–H and O–H groups in total. The van der Waals surface area contributed by atoms with E-state index in [4.69, 9.17) is 9.47 Å². The minimum atomic E-state index is -0.599. The summed E-state index contributed by atoms with van der Waals surface area (Å²) in [6.45, 7) is 4.20. The van der Waals surface area contributed by atoms with Crippen molar-refractivity contribution in [1.29, 1.82) is 0 Å². The molecule has 0 aliphatic rings. The van der Waals surface area contributed by atoms with Crippen molar-refractivity contribution in [3.63, 3.8) is 0 Å². The van der Waals surface area contributed by atoms with Crippen molar-refractivity contribution < 1.29 is 24.0 Å². The Morgan fingerprint density at radius 1 is 1.15 bits per heavy atom. The number of carbonyl (C=O) groups is 2. The lowest BCUT2D eigenvalue weighted by Gasteiger charge is -2.09. The molecule has 9 heteroatoms. The van der Waals surface area contributed by atoms with Gasteiger partial charge in [-0.05, 0) is 43.5 Å². The quantitative estimate of drug-likeness (QED) is 0.179. The summed E-state index contributed by atoms with van der Waals surface area (Å²) in [5.41, 5.74) is 2.16. The van der Waals surface area contributed by atoms with E-state index in [0.29, 0.717) is 29.2 Å². The third-order valence-electron chi connectivity index (χ3n) is 4.70. The van der Waals surface area contributed by atoms with Crippen molar-refractivity contribution in [1.82, 2.24) is 0 Å². The van der Waals surface area contributed by atoms with Gasteiger partial charge in [-0.1, -0.05) is 24.3 Å². The largest absolute Gasteiger partial charge is 0.494 e. The predicted octanol–water partition coefficient (Wildman–Crippen LogP) is 5.61. The Hall–Kier alpha value is -3.72. The van der Waals surface area contributed by atoms with Gasteiger partial charge in [0.2, 0.25) is 5.91 Å². The zero-order valence-corrected chi connectivity index (χ0v) is 19.1. The smallest absolute Gasteiger partial charge is 0.341 e. The van der Waals surface area contributed by atoms with Crippen LogP contribution in [-0.4, -0.2) is 30.0 Å². The van der Waals surface area contributed by atoms with E-state index in [9.17, 15) is 19.7 Å². The molecule has 3 aromatic rings. The molecule has 0 radical (unpaired) electrons. The van der Waals surface area contributed by atoms with Crippen molar-refractivity contribution in [2.24, 2.45) is 0 Å². The molecule has 172 valence electrons. The molecule has 0 fully saturated rings. The first-order chi connectivity index (χ1) is 15.9. The number of esters is 1. The molecule has 0 spiro atoms. The minimum absolute atomic E-state index is 0.0901. The summed E-state index contributed by atoms with van der Waals surface area (Å²) < 4.78 is 10.8. The molecular weight excluding hydrogens is 444 g/mol. The maximum absolute atomic E-state index is 12.6. The Labute approximate surface area is 195 Å². The summed E-state index contributed by atoms with van der Waals surface area (Å²) in [7, 11) is 0. The highest BCUT2D eigenvalue weighted by atomic mass is 32.1. The maximum Gasteiger partial charge on any atom is 0.341 e. The zero-order valence-electron chi connectivity index (χ0n) is 18.3. The summed E-state index contributed by atoms with van der Waals surface area (Å²) in [4.78, 5) is 35.8. The first kappa shape index (κ1) is 23.9. The van der Waals surface area contributed by atoms with Gasteiger partial charge in [0.05, 0.1) is 18.1 Å². The number of nitrogens with one attached hydrogen (secondary N) is 1. The van der Waals surface area contributed by atoms with Gasteiger partial charge in [-0.25, -0.2) is 4.79 Å². The first-order valence-corrected chi connectivity index (χ1v) is 11.3. The van der Waals surface area contributed by atoms with Gasteiger partial charge in [-0.3, -0.25) is 14.9 Å². The van der Waals surface area contributed by atoms with E-state index in [2.05, 4.69) is 5.32 Å². The number of thiophene rings is 1. The van der Waals surface area contributed by atoms with Crippen molar-refractivity contribution in [3.8, 4) is 16.9 Å². The number of hydrogen-bond acceptors (Lipinski definition) is 7. The third-order valence-corrected chi connectivity index (χ3v) is 5.59. The van der Waals surface area contributed by atoms with E-state index >= 15 is 0 Å². The summed E-state index contributed by atoms with van der Waals surface area (Å²) in [6, 6.07) is 13.7. The van der Waals surface area contributed by atoms with Gasteiger partial charge in [0, 0.05) is 29.5 Å². The fourth-order valence-electron chi connectivity index (χ4n) is 3.17. The van der Waals surface area contributed by atoms with Crippen molar-refractivity contribution in [2.75, 3.05) is 18.5 Å². The Kier molecular flexibility index (Phi) is 8.15. The zero-order chi connectivity index (χ0) is 23.8. The van der Waals surface area contributed by atoms with Gasteiger partial charge in [-0.15, -0.1) is 11.3 Å². The number of carbonyl (C=O) groups excluding carboxylic acids is 2. The summed E-state index contributed by atoms with van der Waals surface area (Å²) in [5, 5.41) is 15.9. The van der Waals surface area contributed by atoms with Crippen molar-refractivity contribution in [3.05, 3.63) is 75.2 Å². The SMILES string of the molecule is CCOC(=O)c1c(-c2cccc([N+](=O)[O-])c2)csc1NC(=O)CCCOc1cccc(C)c1. The van der Waals surface area contributed by atoms with Gasteiger partial charge in [0.25, 0.3) is 5.69 Å². The van der Waals surface area contributed by atoms with E-state index in [1.54, 1.807) is 24.4 Å². The van der Waals surface area contributed by atoms with E-state index in [1.165, 1.54) is 23.5 Å². The maximum atomic E-state index is 12.6. The number of non-ortho nitro benzene ring substituents is 1. The van der Waals surface area contributed by atoms with Crippen LogP contribution < -0.4 is 10.1 Å². The number of anilines is 1. The molecule has 1 heterocycles. The number of amides is 1. The van der Waals surface area contributed by atoms with Crippen molar-refractivity contribution in [2.45, 2.75) is 26.7 Å². The van der Waals surface area contributed by atoms with Crippen molar-refractivity contribution >= 4 is 33.9 Å². The lowest BCUT2D eigenvalue weighted by Crippen LogP contribution is -2.15. The van der Waals surface area contributed by atoms with E-state index < -0.39 is 10.9 Å². The Morgan fingerprint density at radius 3 is 2.67 bits per heavy atom. The van der Waals surface area contributed by atoms with Crippen LogP contribution in [0.1, 0.15) is 35.7 Å². The topological polar surface area (TPSA) is 108 Å². The average Bonchev–Trinajstić information content (AvgIpc) is 3.20. The fourth-order valence-corrected chi connectivity index (χ4v) is 4.15. The summed E-state index contributed by atoms with van der Waals surface area (Å²) in [6.07, 6.45) is 0.704. The second-order valence-corrected chi connectivity index (χ2v) is 8.08. The second-order valence-electron chi connectivity index (χ2n) is 7.20. The van der Waals surface area contributed by atoms with Crippen LogP contribution in [0.15, 0.2) is 53.9 Å². The monoisotopic (exact) mass is 468 g/mol. The third kappa shape index (κ3) is 6.39. The van der Waals surface area contributed by atoms with E-state index in [1.807, 2.05) is 31.2 Å². The van der Waals surface area contributed by atoms with Crippen LogP contribution in [0.2, 0.25) is 0 Å². The van der Waals surface area contributed by atoms with Crippen LogP contribution in [0.4, 0.5) is 10.7 Å². The number of nitro groups is 1. The van der Waals surface area contributed by atoms with Gasteiger partial charge in [0.1, 0.15) is 16.3 Å². The van der Waals surface area contributed by atoms with Gasteiger partial charge in [-0.2, -0.15) is 0 Å². The Balaban J connectivity index is 1.70. The van der Waals surface area contributed by atoms with E-state index in [0.717, 1.165) is 11.3 Å². The number of nitro benzene ring substituents is 1. The summed E-state index contributed by atoms with van der Waals surface area (Å²) >= 11 is 1.17. The van der Waals surface area contributed by atoms with Gasteiger partial charge < -0.3 is 14.8 Å². The molecule has 0 saturated heterocycles. The first-order valence-electron chi connectivity index (χ1n) is 10.4. The molecule has 1 aromatic heterocycles. The highest BCUT2D eigenvalue weighted by Gasteiger charge is 2.23. The van der Waals surface area contributed by atoms with Crippen LogP contribution in [0, 0.1) is 17.0 Å². The molecule has 0 unspecified atom stereocenters. The number of hydrogen-bond donors (Lipinski definition) is 1. The minimum Gasteiger partial charge on any atom is -0.494 e. The highest BCUT2D eigenvalue weighted by molar-refractivity contribution is 7.15. The van der Waals surface area contributed by atoms with Gasteiger partial charge in [0.15, 0.2) is 0 Å². The molecule has 0 aliphatic heterocycles. The molecule has 33 heavy (non-hydrogen) atoms. The molecule has 8 nitrogen and oxygen atoms in total. The molecule has 3 rings (SSSR count). The van der Waals surface area contributed by atoms with Gasteiger partial charge >= 0.3 is 5.97 Å². The molecule has 2 aromatic carbocycles. The summed E-state index contributed by atoms with van der Waals surface area (Å²) in [5.74, 6) is -0.112. The molecule has 0 bridgehead atoms. The van der Waals surface area contributed by atoms with Crippen LogP contribution in [0.5, 0.6) is 5.75 Å². The standard InChI is InChI=1S/C24H24N2O6S/c1-3-31-24(28)22-20(17-8-5-9-18(14-17)26(29)30)15-33-23(22)25-21(27)11-6-12-32-19-10-4-7-16(2)13-19/h4-5,7-10,13-15H,3,6,11-12H2,1-2H3,(H,25,27). The molecule has 1 amide bonds. The number of aryl methyl sites for hydroxylation is 1. The van der Waals surface area contributed by atoms with E-state index in [-0.39, 0.29) is 30.2 Å². The lowest BCUT2D eigenvalue weighted by atomic mass is 10.0. The Bertz CT molecular complexity index is 1160. The Morgan fingerprint density at radius 2 is 1.94 bits per heavy atom. The van der Waals surface area contributed by atoms with Crippen LogP contribution >= 0.6 is 11.3 Å². The van der Waals surface area contributed by atoms with Crippen LogP contribution in [0.25, 0.3) is 11.1 Å². The van der Waals surface area contributed by atoms with Crippen LogP contribution in [-0.2, 0) is 9.53 Å². The number of ether oxygens (including phenoxy) is 2. The normalized spacial score (nSPS) is 10.5. The highest BCUT2D eigenvalue weighted by Crippen LogP contribution is 2.37. The molecule has 0 atom stereocenters. The number of rotatable bonds is 10.